The predicted molar refractivity (Wildman–Crippen MR) is 57.0 cm³/mol. The van der Waals surface area contributed by atoms with E-state index in [1.54, 1.807) is 10.4 Å². The lowest BCUT2D eigenvalue weighted by Gasteiger charge is -2.10. The van der Waals surface area contributed by atoms with Crippen LogP contribution in [0.15, 0.2) is 5.38 Å². The van der Waals surface area contributed by atoms with Crippen LogP contribution < -0.4 is 0 Å². The lowest BCUT2D eigenvalue weighted by Crippen LogP contribution is -1.98. The quantitative estimate of drug-likeness (QED) is 0.569. The molecular formula is C11H18S. The summed E-state index contributed by atoms with van der Waals surface area (Å²) in [5, 5.41) is 2.30. The molecular weight excluding hydrogens is 164 g/mol. The minimum absolute atomic E-state index is 1.34. The van der Waals surface area contributed by atoms with Crippen molar-refractivity contribution in [2.45, 2.75) is 46.5 Å². The van der Waals surface area contributed by atoms with E-state index in [1.807, 2.05) is 25.2 Å². The Morgan fingerprint density at radius 2 is 1.83 bits per heavy atom. The zero-order chi connectivity index (χ0) is 8.97. The standard InChI is InChI=1S/C9H12S.C2H6/c1-7-6-10-9-5-3-2-4-8(7)9;1-2/h6H,2-5H2,1H3;1-2H3. The van der Waals surface area contributed by atoms with Gasteiger partial charge >= 0.3 is 0 Å². The molecule has 1 aliphatic carbocycles. The molecule has 2 rings (SSSR count). The van der Waals surface area contributed by atoms with E-state index in [0.29, 0.717) is 0 Å². The molecule has 12 heavy (non-hydrogen) atoms. The second-order valence-corrected chi connectivity index (χ2v) is 3.99. The number of aryl methyl sites for hydroxylation is 2. The molecule has 0 bridgehead atoms. The van der Waals surface area contributed by atoms with Gasteiger partial charge in [0.2, 0.25) is 0 Å². The van der Waals surface area contributed by atoms with E-state index in [4.69, 9.17) is 0 Å². The summed E-state index contributed by atoms with van der Waals surface area (Å²) in [5.74, 6) is 0. The first kappa shape index (κ1) is 9.79. The van der Waals surface area contributed by atoms with E-state index in [-0.39, 0.29) is 0 Å². The fourth-order valence-corrected chi connectivity index (χ4v) is 2.78. The summed E-state index contributed by atoms with van der Waals surface area (Å²) in [5.41, 5.74) is 3.19. The molecule has 0 spiro atoms. The third-order valence-corrected chi connectivity index (χ3v) is 3.48. The van der Waals surface area contributed by atoms with Gasteiger partial charge in [-0.1, -0.05) is 13.8 Å². The topological polar surface area (TPSA) is 0 Å². The summed E-state index contributed by atoms with van der Waals surface area (Å²) in [7, 11) is 0. The van der Waals surface area contributed by atoms with Crippen LogP contribution in [0.2, 0.25) is 0 Å². The Morgan fingerprint density at radius 1 is 1.17 bits per heavy atom. The Kier molecular flexibility index (Phi) is 3.80. The van der Waals surface area contributed by atoms with Crippen LogP contribution in [0.25, 0.3) is 0 Å². The van der Waals surface area contributed by atoms with Crippen molar-refractivity contribution in [1.29, 1.82) is 0 Å². The summed E-state index contributed by atoms with van der Waals surface area (Å²) in [6, 6.07) is 0. The van der Waals surface area contributed by atoms with Crippen molar-refractivity contribution >= 4 is 11.3 Å². The lowest BCUT2D eigenvalue weighted by molar-refractivity contribution is 0.694. The maximum Gasteiger partial charge on any atom is 0.00799 e. The molecule has 1 aromatic rings. The molecule has 0 unspecified atom stereocenters. The zero-order valence-corrected chi connectivity index (χ0v) is 9.13. The summed E-state index contributed by atoms with van der Waals surface area (Å²) >= 11 is 1.95. The Labute approximate surface area is 79.6 Å². The van der Waals surface area contributed by atoms with Crippen molar-refractivity contribution in [3.63, 3.8) is 0 Å². The molecule has 0 radical (unpaired) electrons. The Hall–Kier alpha value is -0.300. The Morgan fingerprint density at radius 3 is 2.50 bits per heavy atom. The Bertz CT molecular complexity index is 235. The number of hydrogen-bond donors (Lipinski definition) is 0. The third-order valence-electron chi connectivity index (χ3n) is 2.27. The van der Waals surface area contributed by atoms with Crippen molar-refractivity contribution < 1.29 is 0 Å². The highest BCUT2D eigenvalue weighted by Crippen LogP contribution is 2.29. The van der Waals surface area contributed by atoms with Crippen molar-refractivity contribution in [2.75, 3.05) is 0 Å². The van der Waals surface area contributed by atoms with Crippen molar-refractivity contribution in [1.82, 2.24) is 0 Å². The van der Waals surface area contributed by atoms with Gasteiger partial charge in [0.15, 0.2) is 0 Å². The number of hydrogen-bond acceptors (Lipinski definition) is 1. The van der Waals surface area contributed by atoms with Crippen LogP contribution in [-0.4, -0.2) is 0 Å². The first-order chi connectivity index (χ1) is 5.88. The highest BCUT2D eigenvalue weighted by Gasteiger charge is 2.12. The SMILES string of the molecule is CC.Cc1csc2c1CCCC2. The largest absolute Gasteiger partial charge is 0.148 e. The van der Waals surface area contributed by atoms with Crippen LogP contribution in [0, 0.1) is 6.92 Å². The molecule has 0 nitrogen and oxygen atoms in total. The van der Waals surface area contributed by atoms with Gasteiger partial charge in [-0.3, -0.25) is 0 Å². The van der Waals surface area contributed by atoms with Crippen molar-refractivity contribution in [3.05, 3.63) is 21.4 Å². The van der Waals surface area contributed by atoms with Crippen LogP contribution in [0.1, 0.15) is 42.7 Å². The lowest BCUT2D eigenvalue weighted by atomic mass is 9.97. The second kappa shape index (κ2) is 4.66. The highest BCUT2D eigenvalue weighted by molar-refractivity contribution is 7.10. The van der Waals surface area contributed by atoms with Crippen molar-refractivity contribution in [2.24, 2.45) is 0 Å². The average Bonchev–Trinajstić information content (AvgIpc) is 2.53. The molecule has 0 amide bonds. The molecule has 0 saturated heterocycles. The molecule has 1 heterocycles. The normalized spacial score (nSPS) is 14.6. The molecule has 0 N–H and O–H groups in total. The first-order valence-corrected chi connectivity index (χ1v) is 5.82. The maximum atomic E-state index is 2.30. The molecule has 0 aliphatic heterocycles. The van der Waals surface area contributed by atoms with Gasteiger partial charge in [0.1, 0.15) is 0 Å². The van der Waals surface area contributed by atoms with Gasteiger partial charge in [-0.05, 0) is 49.1 Å². The van der Waals surface area contributed by atoms with E-state index in [0.717, 1.165) is 0 Å². The fourth-order valence-electron chi connectivity index (χ4n) is 1.66. The fraction of sp³-hybridized carbons (Fsp3) is 0.636. The van der Waals surface area contributed by atoms with E-state index in [1.165, 1.54) is 31.2 Å². The molecule has 1 aliphatic rings. The smallest absolute Gasteiger partial charge is 0.00799 e. The van der Waals surface area contributed by atoms with E-state index in [2.05, 4.69) is 12.3 Å². The zero-order valence-electron chi connectivity index (χ0n) is 8.31. The van der Waals surface area contributed by atoms with Gasteiger partial charge in [0, 0.05) is 4.88 Å². The highest BCUT2D eigenvalue weighted by atomic mass is 32.1. The number of rotatable bonds is 0. The minimum atomic E-state index is 1.34. The molecule has 1 heteroatoms. The third kappa shape index (κ3) is 1.89. The van der Waals surface area contributed by atoms with Gasteiger partial charge in [-0.15, -0.1) is 11.3 Å². The van der Waals surface area contributed by atoms with E-state index >= 15 is 0 Å². The van der Waals surface area contributed by atoms with Crippen LogP contribution in [0.3, 0.4) is 0 Å². The minimum Gasteiger partial charge on any atom is -0.148 e. The number of thiophene rings is 1. The Balaban J connectivity index is 0.000000336. The van der Waals surface area contributed by atoms with Crippen LogP contribution in [0.5, 0.6) is 0 Å². The summed E-state index contributed by atoms with van der Waals surface area (Å²) in [6.45, 7) is 6.24. The van der Waals surface area contributed by atoms with Crippen LogP contribution in [-0.2, 0) is 12.8 Å². The second-order valence-electron chi connectivity index (χ2n) is 3.03. The predicted octanol–water partition coefficient (Wildman–Crippen LogP) is 3.96. The van der Waals surface area contributed by atoms with Gasteiger partial charge in [-0.2, -0.15) is 0 Å². The summed E-state index contributed by atoms with van der Waals surface area (Å²) in [4.78, 5) is 1.66. The summed E-state index contributed by atoms with van der Waals surface area (Å²) < 4.78 is 0. The molecule has 0 aromatic carbocycles. The average molecular weight is 182 g/mol. The monoisotopic (exact) mass is 182 g/mol. The van der Waals surface area contributed by atoms with Crippen LogP contribution >= 0.6 is 11.3 Å². The van der Waals surface area contributed by atoms with E-state index < -0.39 is 0 Å². The maximum absolute atomic E-state index is 2.30. The molecule has 0 fully saturated rings. The molecule has 1 aromatic heterocycles. The molecule has 68 valence electrons. The van der Waals surface area contributed by atoms with Gasteiger partial charge in [0.25, 0.3) is 0 Å². The van der Waals surface area contributed by atoms with Crippen molar-refractivity contribution in [3.8, 4) is 0 Å². The van der Waals surface area contributed by atoms with Gasteiger partial charge < -0.3 is 0 Å². The summed E-state index contributed by atoms with van der Waals surface area (Å²) in [6.07, 6.45) is 5.50. The molecule has 0 atom stereocenters. The van der Waals surface area contributed by atoms with Crippen LogP contribution in [0.4, 0.5) is 0 Å². The molecule has 0 saturated carbocycles. The number of fused-ring (bicyclic) bond motifs is 1. The van der Waals surface area contributed by atoms with Gasteiger partial charge in [0.05, 0.1) is 0 Å². The van der Waals surface area contributed by atoms with E-state index in [9.17, 15) is 0 Å². The first-order valence-electron chi connectivity index (χ1n) is 4.94. The van der Waals surface area contributed by atoms with Gasteiger partial charge in [-0.25, -0.2) is 0 Å².